The van der Waals surface area contributed by atoms with Crippen LogP contribution in [0.3, 0.4) is 0 Å². The Kier molecular flexibility index (Phi) is 4.19. The number of aliphatic imine (C=N–C) groups is 1. The predicted octanol–water partition coefficient (Wildman–Crippen LogP) is 3.09. The Morgan fingerprint density at radius 3 is 2.91 bits per heavy atom. The third-order valence-corrected chi connectivity index (χ3v) is 3.53. The number of amidine groups is 1. The summed E-state index contributed by atoms with van der Waals surface area (Å²) in [6.45, 7) is 2.11. The molecule has 5 heteroatoms. The largest absolute Gasteiger partial charge is 0.463 e. The molecule has 0 amide bonds. The Labute approximate surface area is 134 Å². The third-order valence-electron chi connectivity index (χ3n) is 3.53. The van der Waals surface area contributed by atoms with Crippen molar-refractivity contribution in [3.8, 4) is 11.1 Å². The van der Waals surface area contributed by atoms with Crippen molar-refractivity contribution in [2.24, 2.45) is 10.7 Å². The maximum atomic E-state index is 12.1. The van der Waals surface area contributed by atoms with Crippen molar-refractivity contribution < 1.29 is 9.53 Å². The number of ether oxygens (including phenoxy) is 1. The van der Waals surface area contributed by atoms with Gasteiger partial charge in [-0.3, -0.25) is 4.98 Å². The number of aromatic nitrogens is 1. The summed E-state index contributed by atoms with van der Waals surface area (Å²) >= 11 is 0. The Hall–Kier alpha value is -2.95. The van der Waals surface area contributed by atoms with E-state index in [0.29, 0.717) is 18.0 Å². The highest BCUT2D eigenvalue weighted by molar-refractivity contribution is 6.03. The van der Waals surface area contributed by atoms with Crippen molar-refractivity contribution in [2.75, 3.05) is 6.61 Å². The molecule has 0 bridgehead atoms. The fraction of sp³-hybridized carbons (Fsp3) is 0.167. The molecule has 2 N–H and O–H groups in total. The molecule has 0 saturated heterocycles. The van der Waals surface area contributed by atoms with Gasteiger partial charge in [0.1, 0.15) is 5.84 Å². The number of fused-ring (bicyclic) bond motifs is 1. The average molecular weight is 307 g/mol. The van der Waals surface area contributed by atoms with Gasteiger partial charge in [-0.25, -0.2) is 9.79 Å². The number of carbonyl (C=O) groups excluding carboxylic acids is 1. The SMILES string of the molecule is CCOC(=O)C1=Cc2cc(-c3cccnc3)ccc2N=C(N)C1. The normalized spacial score (nSPS) is 13.4. The molecule has 0 spiro atoms. The van der Waals surface area contributed by atoms with Crippen molar-refractivity contribution in [3.05, 3.63) is 53.9 Å². The number of hydrogen-bond acceptors (Lipinski definition) is 5. The Morgan fingerprint density at radius 1 is 1.30 bits per heavy atom. The molecule has 0 radical (unpaired) electrons. The summed E-state index contributed by atoms with van der Waals surface area (Å²) < 4.78 is 5.09. The number of nitrogens with zero attached hydrogens (tertiary/aromatic N) is 2. The first-order valence-electron chi connectivity index (χ1n) is 7.42. The van der Waals surface area contributed by atoms with Crippen LogP contribution in [0.15, 0.2) is 53.3 Å². The van der Waals surface area contributed by atoms with E-state index < -0.39 is 0 Å². The van der Waals surface area contributed by atoms with Crippen LogP contribution in [0.1, 0.15) is 18.9 Å². The molecule has 0 unspecified atom stereocenters. The zero-order valence-electron chi connectivity index (χ0n) is 12.8. The van der Waals surface area contributed by atoms with Gasteiger partial charge in [-0.2, -0.15) is 0 Å². The first-order chi connectivity index (χ1) is 11.2. The molecule has 0 aliphatic carbocycles. The molecule has 5 nitrogen and oxygen atoms in total. The second-order valence-corrected chi connectivity index (χ2v) is 5.19. The van der Waals surface area contributed by atoms with Crippen LogP contribution < -0.4 is 5.73 Å². The second kappa shape index (κ2) is 6.44. The van der Waals surface area contributed by atoms with E-state index in [2.05, 4.69) is 9.98 Å². The molecule has 2 heterocycles. The maximum Gasteiger partial charge on any atom is 0.334 e. The van der Waals surface area contributed by atoms with Crippen LogP contribution in [-0.2, 0) is 9.53 Å². The van der Waals surface area contributed by atoms with E-state index in [1.54, 1.807) is 25.4 Å². The third kappa shape index (κ3) is 3.29. The van der Waals surface area contributed by atoms with Gasteiger partial charge in [0.25, 0.3) is 0 Å². The number of rotatable bonds is 3. The van der Waals surface area contributed by atoms with Crippen LogP contribution in [0.2, 0.25) is 0 Å². The van der Waals surface area contributed by atoms with E-state index in [0.717, 1.165) is 22.4 Å². The Bertz CT molecular complexity index is 795. The average Bonchev–Trinajstić information content (AvgIpc) is 2.73. The molecule has 1 aromatic heterocycles. The summed E-state index contributed by atoms with van der Waals surface area (Å²) in [5, 5.41) is 0. The van der Waals surface area contributed by atoms with Crippen LogP contribution in [-0.4, -0.2) is 23.4 Å². The van der Waals surface area contributed by atoms with Crippen LogP contribution >= 0.6 is 0 Å². The second-order valence-electron chi connectivity index (χ2n) is 5.19. The molecule has 3 rings (SSSR count). The smallest absolute Gasteiger partial charge is 0.334 e. The molecule has 0 fully saturated rings. The van der Waals surface area contributed by atoms with Gasteiger partial charge in [-0.05, 0) is 36.8 Å². The van der Waals surface area contributed by atoms with E-state index >= 15 is 0 Å². The highest BCUT2D eigenvalue weighted by Crippen LogP contribution is 2.31. The highest BCUT2D eigenvalue weighted by Gasteiger charge is 2.17. The lowest BCUT2D eigenvalue weighted by Gasteiger charge is -2.06. The fourth-order valence-corrected chi connectivity index (χ4v) is 2.47. The van der Waals surface area contributed by atoms with Crippen LogP contribution in [0.4, 0.5) is 5.69 Å². The molecule has 116 valence electrons. The molecule has 0 saturated carbocycles. The van der Waals surface area contributed by atoms with Gasteiger partial charge in [0, 0.05) is 35.5 Å². The minimum Gasteiger partial charge on any atom is -0.463 e. The van der Waals surface area contributed by atoms with Gasteiger partial charge in [0.05, 0.1) is 12.3 Å². The van der Waals surface area contributed by atoms with Crippen molar-refractivity contribution in [3.63, 3.8) is 0 Å². The molecule has 1 aliphatic rings. The predicted molar refractivity (Wildman–Crippen MR) is 90.2 cm³/mol. The van der Waals surface area contributed by atoms with Gasteiger partial charge in [0.2, 0.25) is 0 Å². The standard InChI is InChI=1S/C18H17N3O2/c1-2-23-18(22)15-9-14-8-12(13-4-3-7-20-11-13)5-6-16(14)21-17(19)10-15/h3-9,11H,2,10H2,1H3,(H2,19,21). The Morgan fingerprint density at radius 2 is 2.17 bits per heavy atom. The molecule has 1 aliphatic heterocycles. The minimum absolute atomic E-state index is 0.287. The number of carbonyl (C=O) groups is 1. The topological polar surface area (TPSA) is 77.6 Å². The van der Waals surface area contributed by atoms with Crippen molar-refractivity contribution in [1.29, 1.82) is 0 Å². The lowest BCUT2D eigenvalue weighted by atomic mass is 10.0. The Balaban J connectivity index is 2.06. The van der Waals surface area contributed by atoms with E-state index in [-0.39, 0.29) is 12.4 Å². The first kappa shape index (κ1) is 15.0. The zero-order chi connectivity index (χ0) is 16.2. The van der Waals surface area contributed by atoms with Gasteiger partial charge < -0.3 is 10.5 Å². The number of hydrogen-bond donors (Lipinski definition) is 1. The van der Waals surface area contributed by atoms with E-state index in [4.69, 9.17) is 10.5 Å². The van der Waals surface area contributed by atoms with Crippen molar-refractivity contribution >= 4 is 23.6 Å². The molecular formula is C18H17N3O2. The quantitative estimate of drug-likeness (QED) is 0.884. The summed E-state index contributed by atoms with van der Waals surface area (Å²) in [6, 6.07) is 9.72. The number of benzene rings is 1. The van der Waals surface area contributed by atoms with Gasteiger partial charge in [0.15, 0.2) is 0 Å². The fourth-order valence-electron chi connectivity index (χ4n) is 2.47. The van der Waals surface area contributed by atoms with E-state index in [1.165, 1.54) is 0 Å². The molecule has 1 aromatic carbocycles. The van der Waals surface area contributed by atoms with Crippen LogP contribution in [0, 0.1) is 0 Å². The van der Waals surface area contributed by atoms with Crippen molar-refractivity contribution in [1.82, 2.24) is 4.98 Å². The number of pyridine rings is 1. The zero-order valence-corrected chi connectivity index (χ0v) is 12.8. The highest BCUT2D eigenvalue weighted by atomic mass is 16.5. The minimum atomic E-state index is -0.356. The summed E-state index contributed by atoms with van der Waals surface area (Å²) in [4.78, 5) is 20.6. The van der Waals surface area contributed by atoms with Crippen LogP contribution in [0.25, 0.3) is 17.2 Å². The van der Waals surface area contributed by atoms with Crippen molar-refractivity contribution in [2.45, 2.75) is 13.3 Å². The van der Waals surface area contributed by atoms with E-state index in [1.807, 2.05) is 30.3 Å². The molecule has 23 heavy (non-hydrogen) atoms. The molecule has 0 atom stereocenters. The lowest BCUT2D eigenvalue weighted by Crippen LogP contribution is -2.16. The van der Waals surface area contributed by atoms with Gasteiger partial charge in [-0.1, -0.05) is 12.1 Å². The lowest BCUT2D eigenvalue weighted by molar-refractivity contribution is -0.138. The summed E-state index contributed by atoms with van der Waals surface area (Å²) in [5.41, 5.74) is 10.0. The van der Waals surface area contributed by atoms with Gasteiger partial charge in [-0.15, -0.1) is 0 Å². The summed E-state index contributed by atoms with van der Waals surface area (Å²) in [7, 11) is 0. The summed E-state index contributed by atoms with van der Waals surface area (Å²) in [6.07, 6.45) is 5.62. The first-order valence-corrected chi connectivity index (χ1v) is 7.42. The van der Waals surface area contributed by atoms with Crippen LogP contribution in [0.5, 0.6) is 0 Å². The molecular weight excluding hydrogens is 290 g/mol. The molecule has 2 aromatic rings. The summed E-state index contributed by atoms with van der Waals surface area (Å²) in [5.74, 6) is 0.0439. The monoisotopic (exact) mass is 307 g/mol. The number of esters is 1. The maximum absolute atomic E-state index is 12.1. The van der Waals surface area contributed by atoms with Gasteiger partial charge >= 0.3 is 5.97 Å². The number of nitrogens with two attached hydrogens (primary N) is 1. The van der Waals surface area contributed by atoms with E-state index in [9.17, 15) is 4.79 Å².